The van der Waals surface area contributed by atoms with Crippen LogP contribution in [0.1, 0.15) is 18.4 Å². The van der Waals surface area contributed by atoms with E-state index < -0.39 is 23.2 Å². The first-order chi connectivity index (χ1) is 11.2. The highest BCUT2D eigenvalue weighted by atomic mass is 79.9. The van der Waals surface area contributed by atoms with Gasteiger partial charge in [0.25, 0.3) is 5.91 Å². The van der Waals surface area contributed by atoms with Gasteiger partial charge in [0.05, 0.1) is 5.02 Å². The van der Waals surface area contributed by atoms with E-state index >= 15 is 0 Å². The molecule has 0 spiro atoms. The van der Waals surface area contributed by atoms with E-state index in [1.54, 1.807) is 25.1 Å². The Morgan fingerprint density at radius 2 is 2.17 bits per heavy atom. The molecule has 0 aliphatic rings. The number of hydrogen-bond donors (Lipinski definition) is 1. The largest absolute Gasteiger partial charge is 0.479 e. The van der Waals surface area contributed by atoms with Crippen molar-refractivity contribution in [3.8, 4) is 5.75 Å². The third-order valence-corrected chi connectivity index (χ3v) is 4.40. The monoisotopic (exact) mass is 443 g/mol. The summed E-state index contributed by atoms with van der Waals surface area (Å²) in [5.41, 5.74) is 0. The van der Waals surface area contributed by atoms with Gasteiger partial charge >= 0.3 is 6.18 Å². The highest BCUT2D eigenvalue weighted by Crippen LogP contribution is 2.33. The molecule has 1 aromatic carbocycles. The number of aromatic nitrogens is 2. The summed E-state index contributed by atoms with van der Waals surface area (Å²) in [4.78, 5) is 12.2. The number of carbonyl (C=O) groups is 1. The van der Waals surface area contributed by atoms with Gasteiger partial charge in [-0.05, 0) is 24.6 Å². The number of anilines is 1. The third kappa shape index (κ3) is 4.81. The van der Waals surface area contributed by atoms with Crippen molar-refractivity contribution >= 4 is 49.9 Å². The molecule has 0 saturated heterocycles. The van der Waals surface area contributed by atoms with Crippen LogP contribution in [-0.2, 0) is 11.0 Å². The maximum Gasteiger partial charge on any atom is 0.445 e. The van der Waals surface area contributed by atoms with E-state index in [1.807, 2.05) is 0 Å². The van der Waals surface area contributed by atoms with Crippen LogP contribution in [0.4, 0.5) is 18.3 Å². The highest BCUT2D eigenvalue weighted by molar-refractivity contribution is 9.10. The fourth-order valence-corrected chi connectivity index (χ4v) is 2.95. The Balaban J connectivity index is 2.07. The zero-order chi connectivity index (χ0) is 17.9. The summed E-state index contributed by atoms with van der Waals surface area (Å²) >= 11 is 9.50. The van der Waals surface area contributed by atoms with E-state index in [9.17, 15) is 18.0 Å². The maximum atomic E-state index is 12.5. The molecule has 0 unspecified atom stereocenters. The topological polar surface area (TPSA) is 64.1 Å². The molecule has 24 heavy (non-hydrogen) atoms. The summed E-state index contributed by atoms with van der Waals surface area (Å²) in [6, 6.07) is 4.86. The summed E-state index contributed by atoms with van der Waals surface area (Å²) in [5, 5.41) is 7.47. The van der Waals surface area contributed by atoms with Crippen LogP contribution in [-0.4, -0.2) is 22.2 Å². The zero-order valence-corrected chi connectivity index (χ0v) is 15.2. The van der Waals surface area contributed by atoms with Crippen LogP contribution in [0.5, 0.6) is 5.75 Å². The zero-order valence-electron chi connectivity index (χ0n) is 12.0. The number of benzene rings is 1. The first-order valence-corrected chi connectivity index (χ1v) is 8.52. The first-order valence-electron chi connectivity index (χ1n) is 6.54. The number of ether oxygens (including phenoxy) is 1. The summed E-state index contributed by atoms with van der Waals surface area (Å²) in [7, 11) is 0. The van der Waals surface area contributed by atoms with E-state index in [0.717, 1.165) is 4.47 Å². The number of hydrogen-bond acceptors (Lipinski definition) is 5. The van der Waals surface area contributed by atoms with Gasteiger partial charge in [-0.3, -0.25) is 10.1 Å². The number of carbonyl (C=O) groups excluding carboxylic acids is 1. The van der Waals surface area contributed by atoms with Gasteiger partial charge < -0.3 is 4.74 Å². The van der Waals surface area contributed by atoms with Crippen LogP contribution in [0.15, 0.2) is 22.7 Å². The molecule has 0 fully saturated rings. The molecular weight excluding hydrogens is 435 g/mol. The molecule has 1 N–H and O–H groups in total. The smallest absolute Gasteiger partial charge is 0.445 e. The highest BCUT2D eigenvalue weighted by Gasteiger charge is 2.36. The van der Waals surface area contributed by atoms with Gasteiger partial charge in [0.2, 0.25) is 10.1 Å². The predicted molar refractivity (Wildman–Crippen MR) is 87.4 cm³/mol. The fourth-order valence-electron chi connectivity index (χ4n) is 1.62. The summed E-state index contributed by atoms with van der Waals surface area (Å²) in [5.74, 6) is -0.350. The van der Waals surface area contributed by atoms with Crippen LogP contribution in [0, 0.1) is 0 Å². The number of halogens is 5. The third-order valence-electron chi connectivity index (χ3n) is 2.72. The lowest BCUT2D eigenvalue weighted by atomic mass is 10.2. The summed E-state index contributed by atoms with van der Waals surface area (Å²) in [6.07, 6.45) is -5.27. The van der Waals surface area contributed by atoms with E-state index in [4.69, 9.17) is 16.3 Å². The minimum atomic E-state index is -4.60. The van der Waals surface area contributed by atoms with Crippen molar-refractivity contribution in [2.45, 2.75) is 25.6 Å². The SMILES string of the molecule is CC[C@H](Oc1ccc(Br)cc1Cl)C(=O)Nc1nnc(C(F)(F)F)s1. The average molecular weight is 445 g/mol. The minimum absolute atomic E-state index is 0.240. The van der Waals surface area contributed by atoms with E-state index in [0.29, 0.717) is 5.02 Å². The summed E-state index contributed by atoms with van der Waals surface area (Å²) in [6.45, 7) is 1.69. The number of alkyl halides is 3. The molecule has 0 aliphatic carbocycles. The Labute approximate surface area is 152 Å². The number of rotatable bonds is 5. The van der Waals surface area contributed by atoms with Crippen LogP contribution >= 0.6 is 38.9 Å². The van der Waals surface area contributed by atoms with Gasteiger partial charge in [-0.15, -0.1) is 10.2 Å². The van der Waals surface area contributed by atoms with Crippen LogP contribution in [0.2, 0.25) is 5.02 Å². The molecule has 1 heterocycles. The normalized spacial score (nSPS) is 12.8. The number of nitrogens with zero attached hydrogens (tertiary/aromatic N) is 2. The molecule has 1 amide bonds. The Hall–Kier alpha value is -1.39. The van der Waals surface area contributed by atoms with Crippen molar-refractivity contribution in [3.05, 3.63) is 32.7 Å². The molecule has 0 bridgehead atoms. The second-order valence-corrected chi connectivity index (χ2v) is 6.79. The average Bonchev–Trinajstić information content (AvgIpc) is 2.95. The Morgan fingerprint density at radius 1 is 1.46 bits per heavy atom. The minimum Gasteiger partial charge on any atom is -0.479 e. The van der Waals surface area contributed by atoms with Crippen LogP contribution in [0.3, 0.4) is 0 Å². The standard InChI is InChI=1S/C13H10BrClF3N3O2S/c1-2-8(23-9-4-3-6(14)5-7(9)15)10(22)19-12-21-20-11(24-12)13(16,17)18/h3-5,8H,2H2,1H3,(H,19,21,22)/t8-/m0/s1. The molecule has 0 aliphatic heterocycles. The lowest BCUT2D eigenvalue weighted by Gasteiger charge is -2.17. The van der Waals surface area contributed by atoms with Gasteiger partial charge in [0.15, 0.2) is 6.10 Å². The van der Waals surface area contributed by atoms with Gasteiger partial charge in [0, 0.05) is 4.47 Å². The van der Waals surface area contributed by atoms with Crippen LogP contribution in [0.25, 0.3) is 0 Å². The van der Waals surface area contributed by atoms with Crippen molar-refractivity contribution in [1.29, 1.82) is 0 Å². The lowest BCUT2D eigenvalue weighted by Crippen LogP contribution is -2.32. The van der Waals surface area contributed by atoms with Gasteiger partial charge in [-0.25, -0.2) is 0 Å². The first kappa shape index (κ1) is 18.9. The quantitative estimate of drug-likeness (QED) is 0.722. The Morgan fingerprint density at radius 3 is 2.71 bits per heavy atom. The molecule has 0 radical (unpaired) electrons. The van der Waals surface area contributed by atoms with Crippen LogP contribution < -0.4 is 10.1 Å². The van der Waals surface area contributed by atoms with Gasteiger partial charge in [-0.2, -0.15) is 13.2 Å². The number of amides is 1. The molecule has 2 rings (SSSR count). The van der Waals surface area contributed by atoms with E-state index in [-0.39, 0.29) is 28.6 Å². The molecule has 130 valence electrons. The van der Waals surface area contributed by atoms with E-state index in [1.165, 1.54) is 0 Å². The lowest BCUT2D eigenvalue weighted by molar-refractivity contribution is -0.138. The molecule has 1 aromatic heterocycles. The molecule has 1 atom stereocenters. The fraction of sp³-hybridized carbons (Fsp3) is 0.308. The maximum absolute atomic E-state index is 12.5. The number of nitrogens with one attached hydrogen (secondary N) is 1. The van der Waals surface area contributed by atoms with Gasteiger partial charge in [0.1, 0.15) is 5.75 Å². The Kier molecular flexibility index (Phi) is 6.05. The van der Waals surface area contributed by atoms with Crippen molar-refractivity contribution in [3.63, 3.8) is 0 Å². The molecule has 0 saturated carbocycles. The second kappa shape index (κ2) is 7.66. The Bertz CT molecular complexity index is 741. The van der Waals surface area contributed by atoms with Crippen molar-refractivity contribution < 1.29 is 22.7 Å². The van der Waals surface area contributed by atoms with E-state index in [2.05, 4.69) is 31.4 Å². The molecular formula is C13H10BrClF3N3O2S. The second-order valence-electron chi connectivity index (χ2n) is 4.49. The van der Waals surface area contributed by atoms with Crippen molar-refractivity contribution in [2.24, 2.45) is 0 Å². The molecule has 5 nitrogen and oxygen atoms in total. The predicted octanol–water partition coefficient (Wildman–Crippen LogP) is 4.77. The van der Waals surface area contributed by atoms with Crippen molar-refractivity contribution in [2.75, 3.05) is 5.32 Å². The van der Waals surface area contributed by atoms with Gasteiger partial charge in [-0.1, -0.05) is 45.8 Å². The summed E-state index contributed by atoms with van der Waals surface area (Å²) < 4.78 is 43.7. The molecule has 11 heteroatoms. The van der Waals surface area contributed by atoms with Crippen molar-refractivity contribution in [1.82, 2.24) is 10.2 Å². The molecule has 2 aromatic rings.